The first-order chi connectivity index (χ1) is 10.7. The molecule has 0 spiro atoms. The largest absolute Gasteiger partial charge is 0.497 e. The number of rotatable bonds is 3. The number of carbonyl (C=O) groups excluding carboxylic acids is 1. The van der Waals surface area contributed by atoms with Crippen LogP contribution in [0.15, 0.2) is 28.1 Å². The molecule has 1 fully saturated rings. The Labute approximate surface area is 134 Å². The second kappa shape index (κ2) is 6.44. The van der Waals surface area contributed by atoms with Crippen LogP contribution in [0.4, 0.5) is 0 Å². The van der Waals surface area contributed by atoms with Crippen molar-refractivity contribution in [2.75, 3.05) is 27.3 Å². The lowest BCUT2D eigenvalue weighted by atomic mass is 10.1. The molecular formula is C16H18N2O3S. The molecule has 0 N–H and O–H groups in total. The Balaban J connectivity index is 1.85. The number of aliphatic imine (C=N–C) groups is 1. The van der Waals surface area contributed by atoms with Gasteiger partial charge in [0, 0.05) is 18.7 Å². The zero-order valence-corrected chi connectivity index (χ0v) is 13.5. The Bertz CT molecular complexity index is 649. The summed E-state index contributed by atoms with van der Waals surface area (Å²) < 4.78 is 10.6. The fourth-order valence-electron chi connectivity index (χ4n) is 2.54. The summed E-state index contributed by atoms with van der Waals surface area (Å²) in [6, 6.07) is 5.52. The summed E-state index contributed by atoms with van der Waals surface area (Å²) in [4.78, 5) is 19.1. The number of nitrogens with zero attached hydrogens (tertiary/aromatic N) is 2. The molecule has 2 heterocycles. The lowest BCUT2D eigenvalue weighted by Gasteiger charge is -2.14. The van der Waals surface area contributed by atoms with Gasteiger partial charge in [0.25, 0.3) is 5.91 Å². The van der Waals surface area contributed by atoms with Gasteiger partial charge in [-0.25, -0.2) is 0 Å². The SMILES string of the molecule is COc1ccc(OC)c(/C=C2\SC(N3CCCC3)=NC2=O)c1. The molecule has 1 saturated heterocycles. The Morgan fingerprint density at radius 2 is 2.00 bits per heavy atom. The van der Waals surface area contributed by atoms with E-state index >= 15 is 0 Å². The minimum atomic E-state index is -0.184. The third kappa shape index (κ3) is 2.97. The zero-order valence-electron chi connectivity index (χ0n) is 12.7. The van der Waals surface area contributed by atoms with Gasteiger partial charge in [0.2, 0.25) is 0 Å². The Hall–Kier alpha value is -1.95. The molecule has 0 aliphatic carbocycles. The van der Waals surface area contributed by atoms with Gasteiger partial charge in [-0.05, 0) is 48.9 Å². The number of ether oxygens (including phenoxy) is 2. The summed E-state index contributed by atoms with van der Waals surface area (Å²) in [5.41, 5.74) is 0.815. The highest BCUT2D eigenvalue weighted by molar-refractivity contribution is 8.18. The van der Waals surface area contributed by atoms with Gasteiger partial charge in [-0.2, -0.15) is 4.99 Å². The second-order valence-electron chi connectivity index (χ2n) is 5.11. The predicted octanol–water partition coefficient (Wildman–Crippen LogP) is 2.77. The highest BCUT2D eigenvalue weighted by Crippen LogP contribution is 2.34. The van der Waals surface area contributed by atoms with Crippen molar-refractivity contribution in [3.8, 4) is 11.5 Å². The molecule has 6 heteroatoms. The van der Waals surface area contributed by atoms with Crippen LogP contribution in [0.1, 0.15) is 18.4 Å². The number of benzene rings is 1. The summed E-state index contributed by atoms with van der Waals surface area (Å²) in [7, 11) is 3.22. The highest BCUT2D eigenvalue weighted by Gasteiger charge is 2.27. The van der Waals surface area contributed by atoms with Crippen molar-refractivity contribution in [1.82, 2.24) is 4.90 Å². The topological polar surface area (TPSA) is 51.1 Å². The smallest absolute Gasteiger partial charge is 0.286 e. The Morgan fingerprint density at radius 3 is 2.68 bits per heavy atom. The van der Waals surface area contributed by atoms with Crippen molar-refractivity contribution < 1.29 is 14.3 Å². The summed E-state index contributed by atoms with van der Waals surface area (Å²) in [6.45, 7) is 1.96. The molecule has 22 heavy (non-hydrogen) atoms. The third-order valence-electron chi connectivity index (χ3n) is 3.71. The van der Waals surface area contributed by atoms with Gasteiger partial charge in [0.1, 0.15) is 11.5 Å². The van der Waals surface area contributed by atoms with Crippen molar-refractivity contribution in [3.05, 3.63) is 28.7 Å². The lowest BCUT2D eigenvalue weighted by molar-refractivity contribution is -0.113. The van der Waals surface area contributed by atoms with Crippen molar-refractivity contribution in [2.24, 2.45) is 4.99 Å². The molecular weight excluding hydrogens is 300 g/mol. The molecule has 2 aliphatic heterocycles. The van der Waals surface area contributed by atoms with Gasteiger partial charge in [0.05, 0.1) is 19.1 Å². The average Bonchev–Trinajstić information content (AvgIpc) is 3.17. The van der Waals surface area contributed by atoms with E-state index < -0.39 is 0 Å². The quantitative estimate of drug-likeness (QED) is 0.802. The van der Waals surface area contributed by atoms with Gasteiger partial charge in [-0.1, -0.05) is 0 Å². The molecule has 0 atom stereocenters. The molecule has 1 aromatic carbocycles. The van der Waals surface area contributed by atoms with Crippen LogP contribution in [-0.2, 0) is 4.79 Å². The van der Waals surface area contributed by atoms with Gasteiger partial charge in [-0.15, -0.1) is 0 Å². The second-order valence-corrected chi connectivity index (χ2v) is 6.12. The molecule has 3 rings (SSSR count). The number of amidine groups is 1. The van der Waals surface area contributed by atoms with E-state index in [0.29, 0.717) is 10.7 Å². The number of methoxy groups -OCH3 is 2. The van der Waals surface area contributed by atoms with Crippen LogP contribution in [-0.4, -0.2) is 43.3 Å². The van der Waals surface area contributed by atoms with E-state index in [1.807, 2.05) is 24.3 Å². The molecule has 116 valence electrons. The molecule has 1 amide bonds. The van der Waals surface area contributed by atoms with Crippen molar-refractivity contribution in [2.45, 2.75) is 12.8 Å². The predicted molar refractivity (Wildman–Crippen MR) is 88.4 cm³/mol. The van der Waals surface area contributed by atoms with Crippen LogP contribution in [0.25, 0.3) is 6.08 Å². The molecule has 5 nitrogen and oxygen atoms in total. The zero-order chi connectivity index (χ0) is 15.5. The molecule has 0 saturated carbocycles. The molecule has 0 bridgehead atoms. The van der Waals surface area contributed by atoms with Crippen LogP contribution in [0.3, 0.4) is 0 Å². The van der Waals surface area contributed by atoms with Crippen molar-refractivity contribution >= 4 is 28.9 Å². The minimum absolute atomic E-state index is 0.184. The van der Waals surface area contributed by atoms with E-state index in [9.17, 15) is 4.79 Å². The number of carbonyl (C=O) groups is 1. The van der Waals surface area contributed by atoms with Crippen molar-refractivity contribution in [1.29, 1.82) is 0 Å². The van der Waals surface area contributed by atoms with Gasteiger partial charge in [0.15, 0.2) is 5.17 Å². The number of amides is 1. The molecule has 0 radical (unpaired) electrons. The number of likely N-dealkylation sites (tertiary alicyclic amines) is 1. The average molecular weight is 318 g/mol. The minimum Gasteiger partial charge on any atom is -0.497 e. The normalized spacial score (nSPS) is 19.7. The highest BCUT2D eigenvalue weighted by atomic mass is 32.2. The number of hydrogen-bond donors (Lipinski definition) is 0. The van der Waals surface area contributed by atoms with Gasteiger partial charge < -0.3 is 14.4 Å². The van der Waals surface area contributed by atoms with E-state index in [-0.39, 0.29) is 5.91 Å². The van der Waals surface area contributed by atoms with Gasteiger partial charge in [-0.3, -0.25) is 4.79 Å². The first kappa shape index (κ1) is 15.0. The van der Waals surface area contributed by atoms with Crippen LogP contribution in [0.2, 0.25) is 0 Å². The van der Waals surface area contributed by atoms with Crippen LogP contribution in [0, 0.1) is 0 Å². The summed E-state index contributed by atoms with van der Waals surface area (Å²) >= 11 is 1.43. The van der Waals surface area contributed by atoms with E-state index in [4.69, 9.17) is 9.47 Å². The Kier molecular flexibility index (Phi) is 4.38. The summed E-state index contributed by atoms with van der Waals surface area (Å²) in [6.07, 6.45) is 4.15. The molecule has 1 aromatic rings. The molecule has 0 aromatic heterocycles. The van der Waals surface area contributed by atoms with Crippen LogP contribution >= 0.6 is 11.8 Å². The Morgan fingerprint density at radius 1 is 1.23 bits per heavy atom. The third-order valence-corrected chi connectivity index (χ3v) is 4.75. The summed E-state index contributed by atoms with van der Waals surface area (Å²) in [5.74, 6) is 1.25. The standard InChI is InChI=1S/C16H18N2O3S/c1-20-12-5-6-13(21-2)11(9-12)10-14-15(19)17-16(22-14)18-7-3-4-8-18/h5-6,9-10H,3-4,7-8H2,1-2H3/b14-10-. The van der Waals surface area contributed by atoms with E-state index in [1.54, 1.807) is 14.2 Å². The van der Waals surface area contributed by atoms with E-state index in [2.05, 4.69) is 9.89 Å². The first-order valence-corrected chi connectivity index (χ1v) is 8.02. The fourth-order valence-corrected chi connectivity index (χ4v) is 3.49. The summed E-state index contributed by atoms with van der Waals surface area (Å²) in [5, 5.41) is 0.815. The van der Waals surface area contributed by atoms with Crippen LogP contribution < -0.4 is 9.47 Å². The maximum absolute atomic E-state index is 12.1. The first-order valence-electron chi connectivity index (χ1n) is 7.21. The monoisotopic (exact) mass is 318 g/mol. The number of hydrogen-bond acceptors (Lipinski definition) is 5. The maximum atomic E-state index is 12.1. The fraction of sp³-hybridized carbons (Fsp3) is 0.375. The number of thioether (sulfide) groups is 1. The maximum Gasteiger partial charge on any atom is 0.286 e. The van der Waals surface area contributed by atoms with Crippen LogP contribution in [0.5, 0.6) is 11.5 Å². The van der Waals surface area contributed by atoms with E-state index in [0.717, 1.165) is 42.4 Å². The molecule has 2 aliphatic rings. The van der Waals surface area contributed by atoms with E-state index in [1.165, 1.54) is 11.8 Å². The molecule has 0 unspecified atom stereocenters. The van der Waals surface area contributed by atoms with Gasteiger partial charge >= 0.3 is 0 Å². The lowest BCUT2D eigenvalue weighted by Crippen LogP contribution is -2.23. The van der Waals surface area contributed by atoms with Crippen molar-refractivity contribution in [3.63, 3.8) is 0 Å².